The number of benzene rings is 2. The Bertz CT molecular complexity index is 848. The minimum absolute atomic E-state index is 0.185. The van der Waals surface area contributed by atoms with Crippen LogP contribution in [0.15, 0.2) is 54.6 Å². The van der Waals surface area contributed by atoms with Crippen LogP contribution in [-0.4, -0.2) is 39.3 Å². The van der Waals surface area contributed by atoms with Gasteiger partial charge in [0.15, 0.2) is 5.54 Å². The maximum absolute atomic E-state index is 13.7. The van der Waals surface area contributed by atoms with Gasteiger partial charge in [-0.15, -0.1) is 0 Å². The predicted octanol–water partition coefficient (Wildman–Crippen LogP) is 4.18. The number of carbonyl (C=O) groups excluding carboxylic acids is 2. The summed E-state index contributed by atoms with van der Waals surface area (Å²) >= 11 is 0. The van der Waals surface area contributed by atoms with E-state index in [9.17, 15) is 9.59 Å². The van der Waals surface area contributed by atoms with Gasteiger partial charge in [0.1, 0.15) is 11.2 Å². The van der Waals surface area contributed by atoms with Crippen LogP contribution in [0.3, 0.4) is 0 Å². The Hall–Kier alpha value is -3.02. The zero-order valence-corrected chi connectivity index (χ0v) is 18.6. The summed E-state index contributed by atoms with van der Waals surface area (Å²) in [5.41, 5.74) is -1.32. The molecule has 162 valence electrons. The second-order valence-electron chi connectivity index (χ2n) is 7.36. The maximum atomic E-state index is 13.7. The van der Waals surface area contributed by atoms with Crippen LogP contribution in [0.5, 0.6) is 5.75 Å². The Morgan fingerprint density at radius 2 is 1.50 bits per heavy atom. The van der Waals surface area contributed by atoms with Gasteiger partial charge in [-0.3, -0.25) is 4.79 Å². The monoisotopic (exact) mass is 413 g/mol. The van der Waals surface area contributed by atoms with Gasteiger partial charge in [-0.25, -0.2) is 4.79 Å². The topological polar surface area (TPSA) is 65.1 Å². The Morgan fingerprint density at radius 1 is 0.900 bits per heavy atom. The van der Waals surface area contributed by atoms with Crippen LogP contribution in [-0.2, 0) is 24.6 Å². The lowest BCUT2D eigenvalue weighted by Crippen LogP contribution is -2.64. The van der Waals surface area contributed by atoms with Gasteiger partial charge in [0.05, 0.1) is 20.8 Å². The summed E-state index contributed by atoms with van der Waals surface area (Å²) in [4.78, 5) is 28.7. The van der Waals surface area contributed by atoms with Gasteiger partial charge in [0, 0.05) is 12.2 Å². The summed E-state index contributed by atoms with van der Waals surface area (Å²) < 4.78 is 16.0. The van der Waals surface area contributed by atoms with Gasteiger partial charge in [-0.05, 0) is 57.5 Å². The van der Waals surface area contributed by atoms with Crippen LogP contribution in [0.4, 0.5) is 5.69 Å². The largest absolute Gasteiger partial charge is 0.497 e. The van der Waals surface area contributed by atoms with Crippen LogP contribution >= 0.6 is 0 Å². The fraction of sp³-hybridized carbons (Fsp3) is 0.417. The van der Waals surface area contributed by atoms with E-state index in [1.165, 1.54) is 7.11 Å². The first-order valence-electron chi connectivity index (χ1n) is 10.0. The molecule has 0 spiro atoms. The van der Waals surface area contributed by atoms with Gasteiger partial charge in [-0.1, -0.05) is 30.3 Å². The van der Waals surface area contributed by atoms with Crippen molar-refractivity contribution in [3.8, 4) is 5.75 Å². The van der Waals surface area contributed by atoms with Crippen LogP contribution in [0, 0.1) is 5.41 Å². The molecule has 0 aliphatic carbocycles. The molecular formula is C24H31NO5. The number of nitrogens with zero attached hydrogens (tertiary/aromatic N) is 1. The standard InChI is InChI=1S/C24H31NO5/c1-7-25(19-14-16-20(28-5)17-15-19)24(22(27)30-8-2,18-12-10-9-11-13-18)23(3,4)21(26)29-6/h9-17H,7-8H2,1-6H3. The molecule has 0 aromatic heterocycles. The molecule has 0 N–H and O–H groups in total. The van der Waals surface area contributed by atoms with Crippen molar-refractivity contribution in [2.24, 2.45) is 5.41 Å². The Kier molecular flexibility index (Phi) is 7.48. The maximum Gasteiger partial charge on any atom is 0.337 e. The summed E-state index contributed by atoms with van der Waals surface area (Å²) in [6, 6.07) is 16.6. The molecule has 1 unspecified atom stereocenters. The van der Waals surface area contributed by atoms with Gasteiger partial charge in [0.25, 0.3) is 0 Å². The third kappa shape index (κ3) is 3.86. The number of rotatable bonds is 9. The third-order valence-corrected chi connectivity index (χ3v) is 5.47. The van der Waals surface area contributed by atoms with Crippen molar-refractivity contribution in [2.45, 2.75) is 33.2 Å². The summed E-state index contributed by atoms with van der Waals surface area (Å²) in [5, 5.41) is 0. The van der Waals surface area contributed by atoms with Crippen molar-refractivity contribution in [3.05, 3.63) is 60.2 Å². The third-order valence-electron chi connectivity index (χ3n) is 5.47. The second-order valence-corrected chi connectivity index (χ2v) is 7.36. The van der Waals surface area contributed by atoms with Gasteiger partial charge in [-0.2, -0.15) is 0 Å². The van der Waals surface area contributed by atoms with E-state index in [1.807, 2.05) is 66.4 Å². The molecule has 0 heterocycles. The van der Waals surface area contributed by atoms with Crippen molar-refractivity contribution in [1.29, 1.82) is 0 Å². The van der Waals surface area contributed by atoms with Crippen LogP contribution in [0.1, 0.15) is 33.3 Å². The minimum Gasteiger partial charge on any atom is -0.497 e. The average molecular weight is 414 g/mol. The summed E-state index contributed by atoms with van der Waals surface area (Å²) in [6.45, 7) is 7.76. The molecule has 2 aromatic rings. The molecule has 0 saturated carbocycles. The highest BCUT2D eigenvalue weighted by Gasteiger charge is 2.61. The Morgan fingerprint density at radius 3 is 1.97 bits per heavy atom. The average Bonchev–Trinajstić information content (AvgIpc) is 2.77. The molecule has 0 amide bonds. The fourth-order valence-electron chi connectivity index (χ4n) is 4.03. The molecule has 6 nitrogen and oxygen atoms in total. The Labute approximate surface area is 178 Å². The molecule has 6 heteroatoms. The van der Waals surface area contributed by atoms with Gasteiger partial charge < -0.3 is 19.1 Å². The first-order chi connectivity index (χ1) is 14.3. The van der Waals surface area contributed by atoms with Crippen molar-refractivity contribution < 1.29 is 23.8 Å². The van der Waals surface area contributed by atoms with E-state index in [-0.39, 0.29) is 6.61 Å². The molecule has 0 fully saturated rings. The van der Waals surface area contributed by atoms with E-state index in [0.29, 0.717) is 17.9 Å². The summed E-state index contributed by atoms with van der Waals surface area (Å²) in [5.74, 6) is -0.320. The quantitative estimate of drug-likeness (QED) is 0.575. The number of anilines is 1. The SMILES string of the molecule is CCOC(=O)C(c1ccccc1)(N(CC)c1ccc(OC)cc1)C(C)(C)C(=O)OC. The summed E-state index contributed by atoms with van der Waals surface area (Å²) in [7, 11) is 2.93. The number of hydrogen-bond acceptors (Lipinski definition) is 6. The van der Waals surface area contributed by atoms with E-state index < -0.39 is 22.9 Å². The van der Waals surface area contributed by atoms with Crippen LogP contribution in [0.2, 0.25) is 0 Å². The Balaban J connectivity index is 2.89. The molecule has 0 saturated heterocycles. The lowest BCUT2D eigenvalue weighted by molar-refractivity contribution is -0.169. The second kappa shape index (κ2) is 9.65. The smallest absolute Gasteiger partial charge is 0.337 e. The highest BCUT2D eigenvalue weighted by molar-refractivity contribution is 5.95. The number of carbonyl (C=O) groups is 2. The lowest BCUT2D eigenvalue weighted by atomic mass is 9.66. The zero-order valence-electron chi connectivity index (χ0n) is 18.6. The number of esters is 2. The minimum atomic E-state index is -1.46. The van der Waals surface area contributed by atoms with Crippen molar-refractivity contribution >= 4 is 17.6 Å². The highest BCUT2D eigenvalue weighted by Crippen LogP contribution is 2.48. The van der Waals surface area contributed by atoms with E-state index in [2.05, 4.69) is 0 Å². The van der Waals surface area contributed by atoms with E-state index >= 15 is 0 Å². The van der Waals surface area contributed by atoms with Crippen molar-refractivity contribution in [1.82, 2.24) is 0 Å². The number of ether oxygens (including phenoxy) is 3. The molecule has 30 heavy (non-hydrogen) atoms. The highest BCUT2D eigenvalue weighted by atomic mass is 16.5. The first-order valence-corrected chi connectivity index (χ1v) is 10.0. The van der Waals surface area contributed by atoms with Crippen molar-refractivity contribution in [2.75, 3.05) is 32.3 Å². The van der Waals surface area contributed by atoms with E-state index in [4.69, 9.17) is 14.2 Å². The molecule has 2 rings (SSSR count). The number of hydrogen-bond donors (Lipinski definition) is 0. The molecule has 0 radical (unpaired) electrons. The molecule has 0 bridgehead atoms. The normalized spacial score (nSPS) is 13.1. The van der Waals surface area contributed by atoms with Gasteiger partial charge in [0.2, 0.25) is 0 Å². The number of likely N-dealkylation sites (N-methyl/N-ethyl adjacent to an activating group) is 1. The molecule has 0 aliphatic rings. The van der Waals surface area contributed by atoms with Gasteiger partial charge >= 0.3 is 11.9 Å². The number of methoxy groups -OCH3 is 2. The molecule has 2 aromatic carbocycles. The first kappa shape index (κ1) is 23.3. The predicted molar refractivity (Wildman–Crippen MR) is 117 cm³/mol. The van der Waals surface area contributed by atoms with Crippen molar-refractivity contribution in [3.63, 3.8) is 0 Å². The van der Waals surface area contributed by atoms with Crippen LogP contribution in [0.25, 0.3) is 0 Å². The van der Waals surface area contributed by atoms with Crippen LogP contribution < -0.4 is 9.64 Å². The zero-order chi connectivity index (χ0) is 22.4. The lowest BCUT2D eigenvalue weighted by Gasteiger charge is -2.50. The molecule has 1 atom stereocenters. The van der Waals surface area contributed by atoms with E-state index in [0.717, 1.165) is 5.69 Å². The molecular weight excluding hydrogens is 382 g/mol. The molecule has 0 aliphatic heterocycles. The summed E-state index contributed by atoms with van der Waals surface area (Å²) in [6.07, 6.45) is 0. The fourth-order valence-corrected chi connectivity index (χ4v) is 4.03. The van der Waals surface area contributed by atoms with E-state index in [1.54, 1.807) is 27.9 Å².